The highest BCUT2D eigenvalue weighted by Gasteiger charge is 2.09. The molecule has 2 aromatic rings. The van der Waals surface area contributed by atoms with E-state index in [9.17, 15) is 9.90 Å². The number of phenols is 1. The van der Waals surface area contributed by atoms with Gasteiger partial charge in [-0.05, 0) is 43.5 Å². The third kappa shape index (κ3) is 3.44. The van der Waals surface area contributed by atoms with Crippen LogP contribution in [0.3, 0.4) is 0 Å². The van der Waals surface area contributed by atoms with Crippen LogP contribution in [0.1, 0.15) is 33.5 Å². The van der Waals surface area contributed by atoms with Gasteiger partial charge in [-0.25, -0.2) is 0 Å². The van der Waals surface area contributed by atoms with Crippen LogP contribution in [-0.4, -0.2) is 10.9 Å². The lowest BCUT2D eigenvalue weighted by Crippen LogP contribution is -2.03. The number of hydrogen-bond acceptors (Lipinski definition) is 2. The smallest absolute Gasteiger partial charge is 0.163 e. The van der Waals surface area contributed by atoms with Gasteiger partial charge < -0.3 is 5.11 Å². The maximum Gasteiger partial charge on any atom is 0.163 e. The molecule has 0 atom stereocenters. The number of aromatic hydroxyl groups is 1. The van der Waals surface area contributed by atoms with E-state index in [1.165, 1.54) is 5.56 Å². The second kappa shape index (κ2) is 5.70. The molecule has 0 unspecified atom stereocenters. The molecule has 0 aliphatic heterocycles. The van der Waals surface area contributed by atoms with Crippen LogP contribution in [0.2, 0.25) is 0 Å². The lowest BCUT2D eigenvalue weighted by molar-refractivity contribution is 0.0982. The van der Waals surface area contributed by atoms with Gasteiger partial charge in [0.25, 0.3) is 0 Å². The third-order valence-electron chi connectivity index (χ3n) is 3.26. The fourth-order valence-corrected chi connectivity index (χ4v) is 2.18. The number of aryl methyl sites for hydroxylation is 3. The summed E-state index contributed by atoms with van der Waals surface area (Å²) in [6.07, 6.45) is 1.20. The Morgan fingerprint density at radius 2 is 1.74 bits per heavy atom. The minimum atomic E-state index is 0.172. The van der Waals surface area contributed by atoms with E-state index in [0.717, 1.165) is 16.7 Å². The number of ketones is 1. The lowest BCUT2D eigenvalue weighted by atomic mass is 9.98. The molecule has 98 valence electrons. The largest absolute Gasteiger partial charge is 0.508 e. The zero-order chi connectivity index (χ0) is 13.8. The van der Waals surface area contributed by atoms with Crippen LogP contribution in [0.4, 0.5) is 0 Å². The molecule has 0 aliphatic carbocycles. The van der Waals surface area contributed by atoms with E-state index >= 15 is 0 Å². The van der Waals surface area contributed by atoms with E-state index in [1.807, 2.05) is 44.2 Å². The molecule has 0 amide bonds. The van der Waals surface area contributed by atoms with Gasteiger partial charge >= 0.3 is 0 Å². The Balaban J connectivity index is 2.03. The first-order valence-electron chi connectivity index (χ1n) is 6.44. The van der Waals surface area contributed by atoms with E-state index in [0.29, 0.717) is 12.8 Å². The van der Waals surface area contributed by atoms with Gasteiger partial charge in [0.05, 0.1) is 0 Å². The highest BCUT2D eigenvalue weighted by atomic mass is 16.3. The molecular formula is C17H18O2. The summed E-state index contributed by atoms with van der Waals surface area (Å²) in [6.45, 7) is 4.00. The fourth-order valence-electron chi connectivity index (χ4n) is 2.18. The summed E-state index contributed by atoms with van der Waals surface area (Å²) < 4.78 is 0. The zero-order valence-electron chi connectivity index (χ0n) is 11.3. The van der Waals surface area contributed by atoms with Gasteiger partial charge in [0.1, 0.15) is 5.75 Å². The Bertz CT molecular complexity index is 583. The first-order chi connectivity index (χ1) is 9.06. The van der Waals surface area contributed by atoms with Gasteiger partial charge in [-0.15, -0.1) is 0 Å². The number of benzene rings is 2. The van der Waals surface area contributed by atoms with Gasteiger partial charge in [0.15, 0.2) is 5.78 Å². The normalized spacial score (nSPS) is 10.4. The van der Waals surface area contributed by atoms with Crippen molar-refractivity contribution in [2.45, 2.75) is 26.7 Å². The topological polar surface area (TPSA) is 37.3 Å². The predicted molar refractivity (Wildman–Crippen MR) is 76.7 cm³/mol. The highest BCUT2D eigenvalue weighted by Crippen LogP contribution is 2.16. The van der Waals surface area contributed by atoms with Crippen LogP contribution in [0, 0.1) is 13.8 Å². The monoisotopic (exact) mass is 254 g/mol. The summed E-state index contributed by atoms with van der Waals surface area (Å²) in [5, 5.41) is 9.21. The maximum absolute atomic E-state index is 12.2. The molecule has 0 aliphatic rings. The van der Waals surface area contributed by atoms with Crippen molar-refractivity contribution in [3.8, 4) is 5.75 Å². The molecule has 2 aromatic carbocycles. The highest BCUT2D eigenvalue weighted by molar-refractivity contribution is 5.97. The van der Waals surface area contributed by atoms with Crippen LogP contribution >= 0.6 is 0 Å². The maximum atomic E-state index is 12.2. The van der Waals surface area contributed by atoms with E-state index < -0.39 is 0 Å². The summed E-state index contributed by atoms with van der Waals surface area (Å²) in [6, 6.07) is 12.9. The molecule has 0 heterocycles. The Kier molecular flexibility index (Phi) is 4.00. The van der Waals surface area contributed by atoms with Crippen molar-refractivity contribution in [1.29, 1.82) is 0 Å². The minimum absolute atomic E-state index is 0.172. The van der Waals surface area contributed by atoms with Crippen LogP contribution in [0.25, 0.3) is 0 Å². The van der Waals surface area contributed by atoms with Gasteiger partial charge in [-0.1, -0.05) is 35.9 Å². The minimum Gasteiger partial charge on any atom is -0.508 e. The van der Waals surface area contributed by atoms with Gasteiger partial charge in [0, 0.05) is 12.0 Å². The van der Waals surface area contributed by atoms with Crippen LogP contribution in [0.5, 0.6) is 5.75 Å². The molecule has 0 bridgehead atoms. The Morgan fingerprint density at radius 1 is 1.05 bits per heavy atom. The van der Waals surface area contributed by atoms with Crippen molar-refractivity contribution < 1.29 is 9.90 Å². The Hall–Kier alpha value is -2.09. The number of phenolic OH excluding ortho intramolecular Hbond substituents is 1. The second-order valence-electron chi connectivity index (χ2n) is 4.91. The second-order valence-corrected chi connectivity index (χ2v) is 4.91. The first-order valence-corrected chi connectivity index (χ1v) is 6.44. The van der Waals surface area contributed by atoms with E-state index in [1.54, 1.807) is 12.1 Å². The molecule has 19 heavy (non-hydrogen) atoms. The third-order valence-corrected chi connectivity index (χ3v) is 3.26. The van der Waals surface area contributed by atoms with Crippen molar-refractivity contribution in [2.24, 2.45) is 0 Å². The van der Waals surface area contributed by atoms with E-state index in [4.69, 9.17) is 0 Å². The lowest BCUT2D eigenvalue weighted by Gasteiger charge is -2.06. The summed E-state index contributed by atoms with van der Waals surface area (Å²) >= 11 is 0. The molecule has 0 saturated carbocycles. The zero-order valence-corrected chi connectivity index (χ0v) is 11.3. The molecule has 0 fully saturated rings. The van der Waals surface area contributed by atoms with Gasteiger partial charge in [0.2, 0.25) is 0 Å². The standard InChI is InChI=1S/C17H18O2/c1-12-3-9-16(13(2)11-12)17(19)10-6-14-4-7-15(18)8-5-14/h3-5,7-9,11,18H,6,10H2,1-2H3. The first kappa shape index (κ1) is 13.3. The van der Waals surface area contributed by atoms with Crippen LogP contribution in [-0.2, 0) is 6.42 Å². The molecule has 0 saturated heterocycles. The molecule has 1 N–H and O–H groups in total. The van der Waals surface area contributed by atoms with Crippen molar-refractivity contribution in [3.63, 3.8) is 0 Å². The molecule has 2 rings (SSSR count). The molecule has 2 heteroatoms. The molecule has 2 nitrogen and oxygen atoms in total. The number of carbonyl (C=O) groups is 1. The number of hydrogen-bond donors (Lipinski definition) is 1. The summed E-state index contributed by atoms with van der Waals surface area (Å²) in [5.41, 5.74) is 4.09. The summed E-state index contributed by atoms with van der Waals surface area (Å²) in [5.74, 6) is 0.426. The SMILES string of the molecule is Cc1ccc(C(=O)CCc2ccc(O)cc2)c(C)c1. The quantitative estimate of drug-likeness (QED) is 0.842. The molecule has 0 spiro atoms. The van der Waals surface area contributed by atoms with E-state index in [-0.39, 0.29) is 11.5 Å². The van der Waals surface area contributed by atoms with Gasteiger partial charge in [-0.2, -0.15) is 0 Å². The van der Waals surface area contributed by atoms with Crippen molar-refractivity contribution in [1.82, 2.24) is 0 Å². The van der Waals surface area contributed by atoms with Gasteiger partial charge in [-0.3, -0.25) is 4.79 Å². The Labute approximate surface area is 113 Å². The van der Waals surface area contributed by atoms with Crippen LogP contribution < -0.4 is 0 Å². The fraction of sp³-hybridized carbons (Fsp3) is 0.235. The number of Topliss-reactive ketones (excluding diaryl/α,β-unsaturated/α-hetero) is 1. The average Bonchev–Trinajstić information content (AvgIpc) is 2.37. The van der Waals surface area contributed by atoms with Crippen molar-refractivity contribution in [2.75, 3.05) is 0 Å². The van der Waals surface area contributed by atoms with Crippen molar-refractivity contribution >= 4 is 5.78 Å². The molecule has 0 radical (unpaired) electrons. The van der Waals surface area contributed by atoms with E-state index in [2.05, 4.69) is 0 Å². The number of carbonyl (C=O) groups excluding carboxylic acids is 1. The average molecular weight is 254 g/mol. The Morgan fingerprint density at radius 3 is 2.37 bits per heavy atom. The van der Waals surface area contributed by atoms with Crippen molar-refractivity contribution in [3.05, 3.63) is 64.7 Å². The summed E-state index contributed by atoms with van der Waals surface area (Å²) in [7, 11) is 0. The molecule has 0 aromatic heterocycles. The van der Waals surface area contributed by atoms with Crippen LogP contribution in [0.15, 0.2) is 42.5 Å². The molecular weight excluding hydrogens is 236 g/mol. The number of rotatable bonds is 4. The summed E-state index contributed by atoms with van der Waals surface area (Å²) in [4.78, 5) is 12.2. The predicted octanol–water partition coefficient (Wildman–Crippen LogP) is 3.82.